The van der Waals surface area contributed by atoms with Gasteiger partial charge < -0.3 is 15.3 Å². The van der Waals surface area contributed by atoms with Crippen molar-refractivity contribution >= 4 is 5.97 Å². The minimum Gasteiger partial charge on any atom is -0.472 e. The number of quaternary nitrogens is 2. The third kappa shape index (κ3) is 12.2. The van der Waals surface area contributed by atoms with Crippen molar-refractivity contribution in [2.45, 2.75) is 96.6 Å². The number of hydrogen-bond donors (Lipinski definition) is 3. The van der Waals surface area contributed by atoms with Gasteiger partial charge in [-0.15, -0.1) is 0 Å². The van der Waals surface area contributed by atoms with Gasteiger partial charge in [0, 0.05) is 0 Å². The lowest BCUT2D eigenvalue weighted by atomic mass is 10.0. The highest BCUT2D eigenvalue weighted by Gasteiger charge is 2.49. The van der Waals surface area contributed by atoms with E-state index in [-0.39, 0.29) is 22.2 Å². The molecule has 1 atom stereocenters. The molecular formula is C24H52N2O4+2. The average Bonchev–Trinajstić information content (AvgIpc) is 2.64. The zero-order valence-electron chi connectivity index (χ0n) is 20.4. The average molecular weight is 433 g/mol. The van der Waals surface area contributed by atoms with E-state index in [1.165, 1.54) is 70.6 Å². The molecule has 0 radical (unpaired) electrons. The van der Waals surface area contributed by atoms with Gasteiger partial charge in [0.15, 0.2) is 0 Å². The smallest absolute Gasteiger partial charge is 0.423 e. The van der Waals surface area contributed by atoms with Crippen LogP contribution in [0.25, 0.3) is 0 Å². The van der Waals surface area contributed by atoms with Crippen molar-refractivity contribution in [3.63, 3.8) is 0 Å². The molecule has 30 heavy (non-hydrogen) atoms. The Labute approximate surface area is 186 Å². The Balaban J connectivity index is 4.31. The van der Waals surface area contributed by atoms with E-state index in [0.29, 0.717) is 19.6 Å². The van der Waals surface area contributed by atoms with Gasteiger partial charge in [-0.1, -0.05) is 77.6 Å². The van der Waals surface area contributed by atoms with Crippen molar-refractivity contribution in [3.8, 4) is 0 Å². The second kappa shape index (κ2) is 16.9. The van der Waals surface area contributed by atoms with Crippen molar-refractivity contribution in [2.24, 2.45) is 0 Å². The summed E-state index contributed by atoms with van der Waals surface area (Å²) in [6.45, 7) is 3.54. The Morgan fingerprint density at radius 3 is 1.33 bits per heavy atom. The van der Waals surface area contributed by atoms with E-state index in [2.05, 4.69) is 6.92 Å². The summed E-state index contributed by atoms with van der Waals surface area (Å²) in [5, 5.41) is 29.2. The molecule has 0 aromatic rings. The van der Waals surface area contributed by atoms with Crippen LogP contribution < -0.4 is 0 Å². The molecule has 0 rings (SSSR count). The van der Waals surface area contributed by atoms with Gasteiger partial charge in [0.2, 0.25) is 0 Å². The molecule has 3 N–H and O–H groups in total. The first-order valence-electron chi connectivity index (χ1n) is 12.4. The minimum absolute atomic E-state index is 0.0672. The maximum Gasteiger partial charge on any atom is 0.423 e. The maximum absolute atomic E-state index is 12.1. The topological polar surface area (TPSA) is 77.8 Å². The summed E-state index contributed by atoms with van der Waals surface area (Å²) in [4.78, 5) is 12.1. The molecule has 0 aliphatic heterocycles. The van der Waals surface area contributed by atoms with Crippen molar-refractivity contribution < 1.29 is 29.1 Å². The van der Waals surface area contributed by atoms with E-state index in [4.69, 9.17) is 0 Å². The molecule has 0 aliphatic carbocycles. The molecule has 0 spiro atoms. The van der Waals surface area contributed by atoms with Gasteiger partial charge in [-0.05, 0) is 12.8 Å². The van der Waals surface area contributed by atoms with Gasteiger partial charge >= 0.3 is 12.1 Å². The van der Waals surface area contributed by atoms with E-state index in [1.54, 1.807) is 0 Å². The molecular weight excluding hydrogens is 380 g/mol. The molecule has 0 aromatic carbocycles. The first kappa shape index (κ1) is 29.3. The quantitative estimate of drug-likeness (QED) is 0.146. The van der Waals surface area contributed by atoms with Crippen LogP contribution in [0.2, 0.25) is 0 Å². The van der Waals surface area contributed by atoms with Gasteiger partial charge in [0.1, 0.15) is 13.1 Å². The Morgan fingerprint density at radius 1 is 0.667 bits per heavy atom. The fourth-order valence-corrected chi connectivity index (χ4v) is 4.85. The molecule has 0 heterocycles. The largest absolute Gasteiger partial charge is 0.472 e. The lowest BCUT2D eigenvalue weighted by molar-refractivity contribution is -1.10. The Hall–Kier alpha value is -0.690. The first-order valence-corrected chi connectivity index (χ1v) is 12.4. The van der Waals surface area contributed by atoms with Crippen LogP contribution in [-0.4, -0.2) is 90.4 Å². The van der Waals surface area contributed by atoms with E-state index >= 15 is 0 Å². The normalized spacial score (nSPS) is 13.5. The molecule has 1 unspecified atom stereocenters. The lowest BCUT2D eigenvalue weighted by Gasteiger charge is -2.46. The molecule has 6 nitrogen and oxygen atoms in total. The molecule has 0 aliphatic rings. The highest BCUT2D eigenvalue weighted by atomic mass is 16.4. The number of carboxylic acid groups (broad SMARTS) is 1. The van der Waals surface area contributed by atoms with Gasteiger partial charge in [0.05, 0.1) is 40.9 Å². The van der Waals surface area contributed by atoms with Crippen molar-refractivity contribution in [1.82, 2.24) is 0 Å². The van der Waals surface area contributed by atoms with Crippen molar-refractivity contribution in [1.29, 1.82) is 0 Å². The highest BCUT2D eigenvalue weighted by molar-refractivity contribution is 5.70. The third-order valence-corrected chi connectivity index (χ3v) is 6.27. The van der Waals surface area contributed by atoms with E-state index in [1.807, 2.05) is 21.1 Å². The zero-order valence-corrected chi connectivity index (χ0v) is 20.4. The fourth-order valence-electron chi connectivity index (χ4n) is 4.85. The van der Waals surface area contributed by atoms with Crippen LogP contribution in [0.5, 0.6) is 0 Å². The summed E-state index contributed by atoms with van der Waals surface area (Å²) in [5.74, 6) is -0.862. The van der Waals surface area contributed by atoms with Crippen LogP contribution in [0, 0.1) is 0 Å². The zero-order chi connectivity index (χ0) is 22.9. The van der Waals surface area contributed by atoms with Crippen LogP contribution >= 0.6 is 0 Å². The van der Waals surface area contributed by atoms with Crippen LogP contribution in [0.15, 0.2) is 0 Å². The summed E-state index contributed by atoms with van der Waals surface area (Å²) in [6.07, 6.45) is 15.9. The summed E-state index contributed by atoms with van der Waals surface area (Å²) < 4.78 is 0.512. The lowest BCUT2D eigenvalue weighted by Crippen LogP contribution is -2.71. The van der Waals surface area contributed by atoms with Crippen LogP contribution in [0.1, 0.15) is 90.4 Å². The number of aliphatic carboxylic acids is 1. The number of likely N-dealkylation sites (N-methyl/N-ethyl adjacent to an activating group) is 1. The fraction of sp³-hybridized carbons (Fsp3) is 0.958. The number of aliphatic hydroxyl groups excluding tert-OH is 2. The Kier molecular flexibility index (Phi) is 16.5. The maximum atomic E-state index is 12.1. The minimum atomic E-state index is -0.862. The summed E-state index contributed by atoms with van der Waals surface area (Å²) in [7, 11) is 5.64. The molecule has 0 bridgehead atoms. The van der Waals surface area contributed by atoms with Crippen LogP contribution in [0.4, 0.5) is 0 Å². The Morgan fingerprint density at radius 2 is 1.03 bits per heavy atom. The molecule has 6 heteroatoms. The monoisotopic (exact) mass is 432 g/mol. The molecule has 0 saturated heterocycles. The number of aliphatic hydroxyl groups is 2. The third-order valence-electron chi connectivity index (χ3n) is 6.27. The van der Waals surface area contributed by atoms with Gasteiger partial charge in [-0.25, -0.2) is 4.79 Å². The van der Waals surface area contributed by atoms with Gasteiger partial charge in [-0.3, -0.25) is 8.97 Å². The molecule has 0 amide bonds. The van der Waals surface area contributed by atoms with Crippen molar-refractivity contribution in [2.75, 3.05) is 54.0 Å². The number of rotatable bonds is 21. The standard InChI is InChI=1S/C24H51N2O4/c1-5-6-7-8-9-10-11-12-13-14-15-16-17-18-26(19-21-27,20-22-28)23(24(29)30)25(2,3)4/h23,27-28H,5-22H2,1-4H3/q+1/p+1. The summed E-state index contributed by atoms with van der Waals surface area (Å²) in [5.41, 5.74) is 0. The molecule has 0 saturated carbocycles. The van der Waals surface area contributed by atoms with Gasteiger partial charge in [0.25, 0.3) is 0 Å². The second-order valence-electron chi connectivity index (χ2n) is 9.91. The highest BCUT2D eigenvalue weighted by Crippen LogP contribution is 2.22. The van der Waals surface area contributed by atoms with Crippen LogP contribution in [0.3, 0.4) is 0 Å². The summed E-state index contributed by atoms with van der Waals surface area (Å²) >= 11 is 0. The van der Waals surface area contributed by atoms with Gasteiger partial charge in [-0.2, -0.15) is 0 Å². The molecule has 0 fully saturated rings. The Bertz CT molecular complexity index is 418. The first-order chi connectivity index (χ1) is 14.2. The summed E-state index contributed by atoms with van der Waals surface area (Å²) in [6, 6.07) is 0. The number of carbonyl (C=O) groups is 1. The van der Waals surface area contributed by atoms with Crippen LogP contribution in [-0.2, 0) is 4.79 Å². The van der Waals surface area contributed by atoms with E-state index in [9.17, 15) is 20.1 Å². The number of carboxylic acids is 1. The van der Waals surface area contributed by atoms with Crippen molar-refractivity contribution in [3.05, 3.63) is 0 Å². The number of hydrogen-bond acceptors (Lipinski definition) is 3. The SMILES string of the molecule is CCCCCCCCCCCCCCC[N+](CCO)(CCO)C(C(=O)O)[N+](C)(C)C. The molecule has 0 aromatic heterocycles. The molecule has 180 valence electrons. The predicted octanol–water partition coefficient (Wildman–Crippen LogP) is 4.00. The number of nitrogens with zero attached hydrogens (tertiary/aromatic N) is 2. The van der Waals surface area contributed by atoms with E-state index < -0.39 is 12.1 Å². The predicted molar refractivity (Wildman–Crippen MR) is 124 cm³/mol. The second-order valence-corrected chi connectivity index (χ2v) is 9.91. The number of unbranched alkanes of at least 4 members (excludes halogenated alkanes) is 12. The van der Waals surface area contributed by atoms with E-state index in [0.717, 1.165) is 12.8 Å².